The fourth-order valence-electron chi connectivity index (χ4n) is 1.85. The lowest BCUT2D eigenvalue weighted by Crippen LogP contribution is -2.00. The van der Waals surface area contributed by atoms with Crippen molar-refractivity contribution in [2.24, 2.45) is 0 Å². The van der Waals surface area contributed by atoms with E-state index in [0.717, 1.165) is 17.0 Å². The number of rotatable bonds is 6. The van der Waals surface area contributed by atoms with Crippen LogP contribution in [0.2, 0.25) is 0 Å². The molecule has 1 N–H and O–H groups in total. The van der Waals surface area contributed by atoms with E-state index in [-0.39, 0.29) is 5.69 Å². The van der Waals surface area contributed by atoms with Crippen molar-refractivity contribution in [3.8, 4) is 5.75 Å². The van der Waals surface area contributed by atoms with Crippen LogP contribution < -0.4 is 10.1 Å². The van der Waals surface area contributed by atoms with Gasteiger partial charge in [0, 0.05) is 18.3 Å². The van der Waals surface area contributed by atoms with Crippen LogP contribution >= 0.6 is 15.9 Å². The molecule has 0 aliphatic rings. The Morgan fingerprint density at radius 1 is 1.24 bits per heavy atom. The molecule has 2 aromatic rings. The minimum Gasteiger partial charge on any atom is -0.494 e. The molecule has 0 atom stereocenters. The minimum atomic E-state index is -0.398. The molecule has 110 valence electrons. The average Bonchev–Trinajstić information content (AvgIpc) is 2.48. The zero-order chi connectivity index (χ0) is 15.2. The summed E-state index contributed by atoms with van der Waals surface area (Å²) in [4.78, 5) is 10.5. The van der Waals surface area contributed by atoms with E-state index in [1.54, 1.807) is 12.1 Å². The highest BCUT2D eigenvalue weighted by Crippen LogP contribution is 2.26. The normalized spacial score (nSPS) is 10.2. The number of nitrogens with one attached hydrogen (secondary N) is 1. The van der Waals surface area contributed by atoms with E-state index in [1.165, 1.54) is 0 Å². The van der Waals surface area contributed by atoms with Gasteiger partial charge in [0.25, 0.3) is 5.69 Å². The van der Waals surface area contributed by atoms with Gasteiger partial charge in [-0.05, 0) is 58.7 Å². The molecule has 0 radical (unpaired) electrons. The van der Waals surface area contributed by atoms with Gasteiger partial charge in [-0.3, -0.25) is 10.1 Å². The second-order valence-corrected chi connectivity index (χ2v) is 5.21. The topological polar surface area (TPSA) is 64.4 Å². The molecule has 0 heterocycles. The van der Waals surface area contributed by atoms with Gasteiger partial charge >= 0.3 is 0 Å². The summed E-state index contributed by atoms with van der Waals surface area (Å²) in [5.74, 6) is 0.822. The molecule has 0 unspecified atom stereocenters. The van der Waals surface area contributed by atoms with Crippen LogP contribution in [0.3, 0.4) is 0 Å². The maximum atomic E-state index is 10.9. The number of anilines is 1. The third kappa shape index (κ3) is 4.19. The Labute approximate surface area is 131 Å². The molecule has 0 aromatic heterocycles. The Morgan fingerprint density at radius 3 is 2.57 bits per heavy atom. The first kappa shape index (κ1) is 15.3. The third-order valence-corrected chi connectivity index (χ3v) is 3.54. The van der Waals surface area contributed by atoms with Crippen LogP contribution in [0.4, 0.5) is 11.4 Å². The first-order valence-electron chi connectivity index (χ1n) is 6.49. The molecule has 21 heavy (non-hydrogen) atoms. The maximum absolute atomic E-state index is 10.9. The van der Waals surface area contributed by atoms with Crippen molar-refractivity contribution < 1.29 is 9.66 Å². The number of benzene rings is 2. The first-order chi connectivity index (χ1) is 10.1. The smallest absolute Gasteiger partial charge is 0.283 e. The summed E-state index contributed by atoms with van der Waals surface area (Å²) in [7, 11) is 0. The average molecular weight is 351 g/mol. The Morgan fingerprint density at radius 2 is 1.95 bits per heavy atom. The largest absolute Gasteiger partial charge is 0.494 e. The summed E-state index contributed by atoms with van der Waals surface area (Å²) in [5, 5.41) is 14.1. The van der Waals surface area contributed by atoms with E-state index in [1.807, 2.05) is 37.3 Å². The van der Waals surface area contributed by atoms with Gasteiger partial charge < -0.3 is 10.1 Å². The van der Waals surface area contributed by atoms with Gasteiger partial charge in [-0.25, -0.2) is 0 Å². The van der Waals surface area contributed by atoms with Crippen molar-refractivity contribution in [2.75, 3.05) is 11.9 Å². The summed E-state index contributed by atoms with van der Waals surface area (Å²) in [5.41, 5.74) is 1.85. The fraction of sp³-hybridized carbons (Fsp3) is 0.200. The minimum absolute atomic E-state index is 0.0704. The van der Waals surface area contributed by atoms with Crippen LogP contribution in [0.15, 0.2) is 46.9 Å². The number of nitro groups is 1. The van der Waals surface area contributed by atoms with Gasteiger partial charge in [0.05, 0.1) is 16.0 Å². The Kier molecular flexibility index (Phi) is 5.16. The molecule has 0 bridgehead atoms. The van der Waals surface area contributed by atoms with Crippen LogP contribution in [0.25, 0.3) is 0 Å². The van der Waals surface area contributed by atoms with Gasteiger partial charge in [-0.2, -0.15) is 0 Å². The molecule has 0 saturated heterocycles. The van der Waals surface area contributed by atoms with Gasteiger partial charge in [0.15, 0.2) is 0 Å². The second kappa shape index (κ2) is 7.08. The molecule has 5 nitrogen and oxygen atoms in total. The Balaban J connectivity index is 2.02. The highest BCUT2D eigenvalue weighted by atomic mass is 79.9. The van der Waals surface area contributed by atoms with E-state index in [9.17, 15) is 10.1 Å². The number of nitrogens with zero attached hydrogens (tertiary/aromatic N) is 1. The van der Waals surface area contributed by atoms with Crippen LogP contribution in [0, 0.1) is 10.1 Å². The van der Waals surface area contributed by atoms with Crippen LogP contribution in [-0.2, 0) is 6.54 Å². The number of hydrogen-bond donors (Lipinski definition) is 1. The predicted octanol–water partition coefficient (Wildman–Crippen LogP) is 4.37. The molecule has 0 fully saturated rings. The first-order valence-corrected chi connectivity index (χ1v) is 7.29. The highest BCUT2D eigenvalue weighted by molar-refractivity contribution is 9.10. The lowest BCUT2D eigenvalue weighted by molar-refractivity contribution is -0.385. The number of ether oxygens (including phenoxy) is 1. The van der Waals surface area contributed by atoms with Crippen LogP contribution in [-0.4, -0.2) is 11.5 Å². The Hall–Kier alpha value is -2.08. The van der Waals surface area contributed by atoms with Crippen LogP contribution in [0.1, 0.15) is 12.5 Å². The zero-order valence-corrected chi connectivity index (χ0v) is 13.1. The summed E-state index contributed by atoms with van der Waals surface area (Å²) >= 11 is 3.17. The van der Waals surface area contributed by atoms with Gasteiger partial charge in [0.2, 0.25) is 0 Å². The van der Waals surface area contributed by atoms with Crippen molar-refractivity contribution >= 4 is 27.3 Å². The lowest BCUT2D eigenvalue weighted by atomic mass is 10.2. The zero-order valence-electron chi connectivity index (χ0n) is 11.5. The highest BCUT2D eigenvalue weighted by Gasteiger charge is 2.11. The molecule has 0 aliphatic heterocycles. The molecule has 0 amide bonds. The van der Waals surface area contributed by atoms with E-state index in [2.05, 4.69) is 21.2 Å². The maximum Gasteiger partial charge on any atom is 0.283 e. The molecule has 0 saturated carbocycles. The monoisotopic (exact) mass is 350 g/mol. The summed E-state index contributed by atoms with van der Waals surface area (Å²) < 4.78 is 5.85. The van der Waals surface area contributed by atoms with E-state index in [0.29, 0.717) is 17.6 Å². The second-order valence-electron chi connectivity index (χ2n) is 4.35. The molecule has 0 spiro atoms. The van der Waals surface area contributed by atoms with Crippen LogP contribution in [0.5, 0.6) is 5.75 Å². The molecular weight excluding hydrogens is 336 g/mol. The van der Waals surface area contributed by atoms with Crippen molar-refractivity contribution in [3.05, 3.63) is 62.6 Å². The lowest BCUT2D eigenvalue weighted by Gasteiger charge is -2.08. The molecular formula is C15H15BrN2O3. The summed E-state index contributed by atoms with van der Waals surface area (Å²) in [6, 6.07) is 12.7. The standard InChI is InChI=1S/C15H15BrN2O3/c1-2-21-13-6-4-12(5-7-13)17-10-11-3-8-14(16)15(9-11)18(19)20/h3-9,17H,2,10H2,1H3. The predicted molar refractivity (Wildman–Crippen MR) is 85.7 cm³/mol. The van der Waals surface area contributed by atoms with Gasteiger partial charge in [-0.1, -0.05) is 6.07 Å². The third-order valence-electron chi connectivity index (χ3n) is 2.87. The Bertz CT molecular complexity index is 629. The number of halogens is 1. The number of hydrogen-bond acceptors (Lipinski definition) is 4. The van der Waals surface area contributed by atoms with E-state index >= 15 is 0 Å². The SMILES string of the molecule is CCOc1ccc(NCc2ccc(Br)c([N+](=O)[O-])c2)cc1. The van der Waals surface area contributed by atoms with Crippen molar-refractivity contribution in [1.82, 2.24) is 0 Å². The molecule has 2 aromatic carbocycles. The summed E-state index contributed by atoms with van der Waals surface area (Å²) in [6.07, 6.45) is 0. The quantitative estimate of drug-likeness (QED) is 0.620. The van der Waals surface area contributed by atoms with Gasteiger partial charge in [-0.15, -0.1) is 0 Å². The summed E-state index contributed by atoms with van der Waals surface area (Å²) in [6.45, 7) is 3.09. The molecule has 2 rings (SSSR count). The van der Waals surface area contributed by atoms with Crippen molar-refractivity contribution in [1.29, 1.82) is 0 Å². The number of nitro benzene ring substituents is 1. The molecule has 6 heteroatoms. The van der Waals surface area contributed by atoms with E-state index in [4.69, 9.17) is 4.74 Å². The van der Waals surface area contributed by atoms with Gasteiger partial charge in [0.1, 0.15) is 5.75 Å². The van der Waals surface area contributed by atoms with E-state index < -0.39 is 4.92 Å². The van der Waals surface area contributed by atoms with Crippen molar-refractivity contribution in [3.63, 3.8) is 0 Å². The van der Waals surface area contributed by atoms with Crippen molar-refractivity contribution in [2.45, 2.75) is 13.5 Å². The fourth-order valence-corrected chi connectivity index (χ4v) is 2.24. The molecule has 0 aliphatic carbocycles.